The summed E-state index contributed by atoms with van der Waals surface area (Å²) in [6.07, 6.45) is 0. The summed E-state index contributed by atoms with van der Waals surface area (Å²) in [7, 11) is 0. The predicted octanol–water partition coefficient (Wildman–Crippen LogP) is 1.25. The molecule has 0 amide bonds. The molecule has 0 fully saturated rings. The molecule has 2 aromatic heterocycles. The third-order valence-electron chi connectivity index (χ3n) is 4.11. The quantitative estimate of drug-likeness (QED) is 0.677. The van der Waals surface area contributed by atoms with E-state index >= 15 is 0 Å². The van der Waals surface area contributed by atoms with Crippen molar-refractivity contribution in [2.24, 2.45) is 0 Å². The molecule has 0 aliphatic carbocycles. The molecule has 0 atom stereocenters. The lowest BCUT2D eigenvalue weighted by Crippen LogP contribution is -2.38. The second kappa shape index (κ2) is 4.50. The van der Waals surface area contributed by atoms with Crippen LogP contribution < -0.4 is 22.2 Å². The van der Waals surface area contributed by atoms with E-state index in [9.17, 15) is 19.2 Å². The van der Waals surface area contributed by atoms with Gasteiger partial charge in [0, 0.05) is 11.6 Å². The van der Waals surface area contributed by atoms with Gasteiger partial charge in [-0.15, -0.1) is 0 Å². The number of hydrogen-bond donors (Lipinski definition) is 0. The molecule has 3 rings (SSSR count). The maximum Gasteiger partial charge on any atom is 0.262 e. The van der Waals surface area contributed by atoms with Crippen molar-refractivity contribution in [2.45, 2.75) is 46.2 Å². The second-order valence-electron chi connectivity index (χ2n) is 7.13. The fourth-order valence-electron chi connectivity index (χ4n) is 3.07. The average molecular weight is 314 g/mol. The van der Waals surface area contributed by atoms with Crippen molar-refractivity contribution in [3.8, 4) is 0 Å². The van der Waals surface area contributed by atoms with Gasteiger partial charge in [-0.2, -0.15) is 0 Å². The van der Waals surface area contributed by atoms with Crippen molar-refractivity contribution in [1.82, 2.24) is 9.13 Å². The summed E-state index contributed by atoms with van der Waals surface area (Å²) >= 11 is 0. The van der Waals surface area contributed by atoms with Gasteiger partial charge in [0.25, 0.3) is 22.2 Å². The van der Waals surface area contributed by atoms with Crippen LogP contribution in [0.15, 0.2) is 31.3 Å². The Labute approximate surface area is 131 Å². The highest BCUT2D eigenvalue weighted by Gasteiger charge is 2.25. The van der Waals surface area contributed by atoms with Gasteiger partial charge in [-0.05, 0) is 46.8 Å². The Kier molecular flexibility index (Phi) is 3.01. The molecule has 3 aromatic rings. The van der Waals surface area contributed by atoms with E-state index in [1.54, 1.807) is 34.6 Å². The SMILES string of the molecule is CC(C)n1c(=O)c2cc3c(=O)n(C(C)(C)C)c(=O)c3cc2c1=O. The van der Waals surface area contributed by atoms with Crippen LogP contribution in [0.4, 0.5) is 0 Å². The third kappa shape index (κ3) is 1.94. The molecule has 0 unspecified atom stereocenters. The Morgan fingerprint density at radius 2 is 1.09 bits per heavy atom. The van der Waals surface area contributed by atoms with Crippen molar-refractivity contribution in [1.29, 1.82) is 0 Å². The molecule has 0 aliphatic rings. The highest BCUT2D eigenvalue weighted by molar-refractivity contribution is 5.97. The van der Waals surface area contributed by atoms with Gasteiger partial charge in [0.15, 0.2) is 0 Å². The maximum absolute atomic E-state index is 12.6. The van der Waals surface area contributed by atoms with E-state index in [1.165, 1.54) is 16.7 Å². The zero-order chi connectivity index (χ0) is 17.3. The van der Waals surface area contributed by atoms with Crippen LogP contribution >= 0.6 is 0 Å². The Morgan fingerprint density at radius 1 is 0.739 bits per heavy atom. The molecule has 0 aliphatic heterocycles. The van der Waals surface area contributed by atoms with Gasteiger partial charge >= 0.3 is 0 Å². The van der Waals surface area contributed by atoms with Gasteiger partial charge < -0.3 is 0 Å². The molecule has 0 saturated carbocycles. The summed E-state index contributed by atoms with van der Waals surface area (Å²) in [6.45, 7) is 8.78. The summed E-state index contributed by atoms with van der Waals surface area (Å²) < 4.78 is 2.32. The number of nitrogens with zero attached hydrogens (tertiary/aromatic N) is 2. The standard InChI is InChI=1S/C17H18N2O4/c1-8(2)18-13(20)9-6-11-12(7-10(9)14(18)21)16(23)19(15(11)22)17(3,4)5/h6-8H,1-5H3. The summed E-state index contributed by atoms with van der Waals surface area (Å²) in [6, 6.07) is 2.49. The molecule has 2 heterocycles. The summed E-state index contributed by atoms with van der Waals surface area (Å²) in [5.74, 6) is 0. The van der Waals surface area contributed by atoms with E-state index in [0.717, 1.165) is 4.57 Å². The maximum atomic E-state index is 12.6. The molecule has 6 heteroatoms. The zero-order valence-corrected chi connectivity index (χ0v) is 13.8. The van der Waals surface area contributed by atoms with Gasteiger partial charge in [-0.3, -0.25) is 28.3 Å². The van der Waals surface area contributed by atoms with E-state index in [1.807, 2.05) is 0 Å². The van der Waals surface area contributed by atoms with Crippen molar-refractivity contribution in [3.05, 3.63) is 53.5 Å². The second-order valence-corrected chi connectivity index (χ2v) is 7.13. The molecule has 6 nitrogen and oxygen atoms in total. The summed E-state index contributed by atoms with van der Waals surface area (Å²) in [4.78, 5) is 49.9. The molecule has 0 spiro atoms. The number of fused-ring (bicyclic) bond motifs is 2. The highest BCUT2D eigenvalue weighted by Crippen LogP contribution is 2.18. The monoisotopic (exact) mass is 314 g/mol. The minimum absolute atomic E-state index is 0.190. The molecule has 120 valence electrons. The molecule has 0 bridgehead atoms. The van der Waals surface area contributed by atoms with Crippen LogP contribution in [0.25, 0.3) is 21.5 Å². The number of rotatable bonds is 1. The topological polar surface area (TPSA) is 78.1 Å². The van der Waals surface area contributed by atoms with Gasteiger partial charge in [-0.1, -0.05) is 0 Å². The smallest absolute Gasteiger partial charge is 0.262 e. The normalized spacial score (nSPS) is 12.8. The van der Waals surface area contributed by atoms with Gasteiger partial charge in [0.2, 0.25) is 0 Å². The molecular weight excluding hydrogens is 296 g/mol. The lowest BCUT2D eigenvalue weighted by molar-refractivity contribution is 0.380. The van der Waals surface area contributed by atoms with Crippen LogP contribution in [0, 0.1) is 0 Å². The first-order valence-corrected chi connectivity index (χ1v) is 7.50. The van der Waals surface area contributed by atoms with E-state index in [0.29, 0.717) is 0 Å². The fourth-order valence-corrected chi connectivity index (χ4v) is 3.07. The minimum atomic E-state index is -0.671. The largest absolute Gasteiger partial charge is 0.272 e. The molecule has 0 N–H and O–H groups in total. The number of hydrogen-bond acceptors (Lipinski definition) is 4. The Balaban J connectivity index is 2.58. The first-order chi connectivity index (χ1) is 10.6. The zero-order valence-electron chi connectivity index (χ0n) is 13.8. The van der Waals surface area contributed by atoms with Crippen LogP contribution in [-0.4, -0.2) is 9.13 Å². The van der Waals surface area contributed by atoms with Crippen molar-refractivity contribution in [2.75, 3.05) is 0 Å². The van der Waals surface area contributed by atoms with Crippen LogP contribution in [-0.2, 0) is 5.54 Å². The Morgan fingerprint density at radius 3 is 1.39 bits per heavy atom. The Hall–Kier alpha value is -2.50. The lowest BCUT2D eigenvalue weighted by atomic mass is 10.1. The highest BCUT2D eigenvalue weighted by atomic mass is 16.2. The van der Waals surface area contributed by atoms with Crippen LogP contribution in [0.5, 0.6) is 0 Å². The molecule has 1 aromatic carbocycles. The fraction of sp³-hybridized carbons (Fsp3) is 0.412. The van der Waals surface area contributed by atoms with E-state index < -0.39 is 27.8 Å². The third-order valence-corrected chi connectivity index (χ3v) is 4.11. The predicted molar refractivity (Wildman–Crippen MR) is 90.3 cm³/mol. The lowest BCUT2D eigenvalue weighted by Gasteiger charge is -2.18. The van der Waals surface area contributed by atoms with Crippen molar-refractivity contribution >= 4 is 21.5 Å². The Bertz CT molecular complexity index is 1070. The molecule has 23 heavy (non-hydrogen) atoms. The summed E-state index contributed by atoms with van der Waals surface area (Å²) in [5.41, 5.74) is -2.36. The summed E-state index contributed by atoms with van der Waals surface area (Å²) in [5, 5.41) is 0.768. The van der Waals surface area contributed by atoms with Gasteiger partial charge in [-0.25, -0.2) is 0 Å². The molecular formula is C17H18N2O4. The molecule has 0 radical (unpaired) electrons. The molecule has 0 saturated heterocycles. The average Bonchev–Trinajstić information content (AvgIpc) is 2.81. The first kappa shape index (κ1) is 15.4. The van der Waals surface area contributed by atoms with Crippen molar-refractivity contribution < 1.29 is 0 Å². The van der Waals surface area contributed by atoms with Crippen LogP contribution in [0.1, 0.15) is 40.7 Å². The van der Waals surface area contributed by atoms with Crippen molar-refractivity contribution in [3.63, 3.8) is 0 Å². The minimum Gasteiger partial charge on any atom is -0.272 e. The van der Waals surface area contributed by atoms with E-state index in [2.05, 4.69) is 0 Å². The van der Waals surface area contributed by atoms with E-state index in [-0.39, 0.29) is 27.6 Å². The van der Waals surface area contributed by atoms with Gasteiger partial charge in [0.1, 0.15) is 0 Å². The van der Waals surface area contributed by atoms with Crippen LogP contribution in [0.3, 0.4) is 0 Å². The first-order valence-electron chi connectivity index (χ1n) is 7.50. The van der Waals surface area contributed by atoms with Crippen LogP contribution in [0.2, 0.25) is 0 Å². The van der Waals surface area contributed by atoms with Gasteiger partial charge in [0.05, 0.1) is 21.5 Å². The number of benzene rings is 1. The number of aromatic nitrogens is 2. The van der Waals surface area contributed by atoms with E-state index in [4.69, 9.17) is 0 Å².